The lowest BCUT2D eigenvalue weighted by Gasteiger charge is -2.08. The number of halogens is 4. The first-order valence-corrected chi connectivity index (χ1v) is 4.95. The topological polar surface area (TPSA) is 26.3 Å². The van der Waals surface area contributed by atoms with Gasteiger partial charge in [0.2, 0.25) is 0 Å². The Morgan fingerprint density at radius 2 is 1.89 bits per heavy atom. The summed E-state index contributed by atoms with van der Waals surface area (Å²) in [6.07, 6.45) is 0. The smallest absolute Gasteiger partial charge is 0.404 e. The van der Waals surface area contributed by atoms with E-state index in [1.54, 1.807) is 0 Å². The molecule has 0 aliphatic heterocycles. The largest absolute Gasteiger partial charge is 0.437 e. The molecule has 0 aromatic heterocycles. The summed E-state index contributed by atoms with van der Waals surface area (Å²) < 4.78 is 4.33. The fourth-order valence-corrected chi connectivity index (χ4v) is 0.729. The molecule has 6 heteroatoms. The molecule has 0 rings (SSSR count). The van der Waals surface area contributed by atoms with Crippen LogP contribution in [-0.4, -0.2) is 14.2 Å². The zero-order chi connectivity index (χ0) is 7.44. The van der Waals surface area contributed by atoms with Crippen molar-refractivity contribution < 1.29 is 9.53 Å². The number of carbonyl (C=O) groups excluding carboxylic acids is 1. The predicted molar refractivity (Wildman–Crippen MR) is 46.7 cm³/mol. The van der Waals surface area contributed by atoms with E-state index in [0.717, 1.165) is 0 Å². The van der Waals surface area contributed by atoms with Crippen LogP contribution in [0.2, 0.25) is 0 Å². The fraction of sp³-hybridized carbons (Fsp3) is 0.667. The number of rotatable bonds is 2. The van der Waals surface area contributed by atoms with E-state index in [1.165, 1.54) is 0 Å². The monoisotopic (exact) mass is 342 g/mol. The fourth-order valence-electron chi connectivity index (χ4n) is 0.140. The molecule has 2 nitrogen and oxygen atoms in total. The molecule has 0 bridgehead atoms. The third-order valence-corrected chi connectivity index (χ3v) is 3.59. The van der Waals surface area contributed by atoms with Gasteiger partial charge in [-0.05, 0) is 15.9 Å². The summed E-state index contributed by atoms with van der Waals surface area (Å²) in [5.74, 6) is 0. The summed E-state index contributed by atoms with van der Waals surface area (Å²) in [4.78, 5) is 10.0. The Kier molecular flexibility index (Phi) is 5.59. The summed E-state index contributed by atoms with van der Waals surface area (Å²) in [6.45, 7) is 0. The number of carbonyl (C=O) groups is 1. The Morgan fingerprint density at radius 1 is 1.44 bits per heavy atom. The SMILES string of the molecule is O=C(Cl)OC(Br)C(Br)Br. The van der Waals surface area contributed by atoms with Crippen molar-refractivity contribution in [2.24, 2.45) is 0 Å². The van der Waals surface area contributed by atoms with E-state index in [4.69, 9.17) is 11.6 Å². The molecule has 0 spiro atoms. The van der Waals surface area contributed by atoms with Crippen molar-refractivity contribution in [2.45, 2.75) is 8.75 Å². The van der Waals surface area contributed by atoms with E-state index < -0.39 is 10.4 Å². The lowest BCUT2D eigenvalue weighted by atomic mass is 10.9. The van der Waals surface area contributed by atoms with Gasteiger partial charge in [0.1, 0.15) is 3.74 Å². The molecule has 1 atom stereocenters. The van der Waals surface area contributed by atoms with Gasteiger partial charge < -0.3 is 4.74 Å². The molecule has 0 N–H and O–H groups in total. The van der Waals surface area contributed by atoms with Crippen LogP contribution in [0.15, 0.2) is 0 Å². The van der Waals surface area contributed by atoms with Crippen LogP contribution >= 0.6 is 59.4 Å². The normalized spacial score (nSPS) is 13.4. The predicted octanol–water partition coefficient (Wildman–Crippen LogP) is 3.20. The average molecular weight is 345 g/mol. The van der Waals surface area contributed by atoms with E-state index >= 15 is 0 Å². The molecule has 0 radical (unpaired) electrons. The van der Waals surface area contributed by atoms with Gasteiger partial charge in [-0.1, -0.05) is 31.9 Å². The van der Waals surface area contributed by atoms with Gasteiger partial charge in [0.15, 0.2) is 5.01 Å². The maximum atomic E-state index is 10.0. The minimum atomic E-state index is -0.833. The molecule has 9 heavy (non-hydrogen) atoms. The van der Waals surface area contributed by atoms with Crippen LogP contribution in [0.5, 0.6) is 0 Å². The third kappa shape index (κ3) is 5.63. The lowest BCUT2D eigenvalue weighted by Crippen LogP contribution is -2.12. The molecular weight excluding hydrogens is 343 g/mol. The number of ether oxygens (including phenoxy) is 1. The molecule has 0 amide bonds. The van der Waals surface area contributed by atoms with E-state index in [1.807, 2.05) is 0 Å². The molecule has 54 valence electrons. The molecule has 1 unspecified atom stereocenters. The van der Waals surface area contributed by atoms with Crippen molar-refractivity contribution in [1.82, 2.24) is 0 Å². The van der Waals surface area contributed by atoms with Gasteiger partial charge in [0.05, 0.1) is 0 Å². The minimum Gasteiger partial charge on any atom is -0.437 e. The first-order chi connectivity index (χ1) is 4.04. The van der Waals surface area contributed by atoms with Crippen LogP contribution in [0.3, 0.4) is 0 Å². The van der Waals surface area contributed by atoms with Gasteiger partial charge in [-0.15, -0.1) is 0 Å². The highest BCUT2D eigenvalue weighted by Gasteiger charge is 2.15. The number of hydrogen-bond donors (Lipinski definition) is 0. The van der Waals surface area contributed by atoms with Crippen LogP contribution in [0.1, 0.15) is 0 Å². The second-order valence-corrected chi connectivity index (χ2v) is 5.45. The quantitative estimate of drug-likeness (QED) is 0.568. The first-order valence-electron chi connectivity index (χ1n) is 1.82. The van der Waals surface area contributed by atoms with Crippen molar-refractivity contribution >= 4 is 64.8 Å². The van der Waals surface area contributed by atoms with Crippen molar-refractivity contribution in [3.63, 3.8) is 0 Å². The van der Waals surface area contributed by atoms with Crippen LogP contribution in [0, 0.1) is 0 Å². The third-order valence-electron chi connectivity index (χ3n) is 0.403. The second-order valence-electron chi connectivity index (χ2n) is 1.04. The number of hydrogen-bond acceptors (Lipinski definition) is 2. The molecule has 0 aromatic carbocycles. The average Bonchev–Trinajstić information content (AvgIpc) is 1.63. The van der Waals surface area contributed by atoms with Crippen molar-refractivity contribution in [1.29, 1.82) is 0 Å². The molecule has 0 fully saturated rings. The van der Waals surface area contributed by atoms with Crippen molar-refractivity contribution in [3.8, 4) is 0 Å². The molecular formula is C3H2Br3ClO2. The van der Waals surface area contributed by atoms with Gasteiger partial charge in [0, 0.05) is 11.6 Å². The Labute approximate surface area is 82.7 Å². The van der Waals surface area contributed by atoms with Crippen LogP contribution < -0.4 is 0 Å². The van der Waals surface area contributed by atoms with Crippen LogP contribution in [0.25, 0.3) is 0 Å². The summed E-state index contributed by atoms with van der Waals surface area (Å²) in [5, 5.41) is -0.442. The van der Waals surface area contributed by atoms with Crippen LogP contribution in [-0.2, 0) is 4.74 Å². The highest BCUT2D eigenvalue weighted by Crippen LogP contribution is 2.21. The molecule has 0 aliphatic rings. The zero-order valence-electron chi connectivity index (χ0n) is 3.98. The maximum Gasteiger partial charge on any atom is 0.404 e. The molecule has 0 saturated heterocycles. The maximum absolute atomic E-state index is 10.0. The Morgan fingerprint density at radius 3 is 2.00 bits per heavy atom. The van der Waals surface area contributed by atoms with E-state index in [2.05, 4.69) is 52.5 Å². The summed E-state index contributed by atoms with van der Waals surface area (Å²) in [7, 11) is 0. The molecule has 0 aliphatic carbocycles. The zero-order valence-corrected chi connectivity index (χ0v) is 9.50. The standard InChI is InChI=1S/C3H2Br3ClO2/c4-1(5)2(6)9-3(7)8/h1-2H. The number of alkyl halides is 3. The second kappa shape index (κ2) is 4.93. The summed E-state index contributed by atoms with van der Waals surface area (Å²) in [5.41, 5.74) is -0.833. The summed E-state index contributed by atoms with van der Waals surface area (Å²) in [6, 6.07) is 0. The Bertz CT molecular complexity index is 107. The van der Waals surface area contributed by atoms with Gasteiger partial charge in [0.25, 0.3) is 0 Å². The van der Waals surface area contributed by atoms with Gasteiger partial charge in [-0.3, -0.25) is 0 Å². The van der Waals surface area contributed by atoms with Gasteiger partial charge in [-0.2, -0.15) is 0 Å². The molecule has 0 heterocycles. The van der Waals surface area contributed by atoms with E-state index in [0.29, 0.717) is 0 Å². The van der Waals surface area contributed by atoms with Gasteiger partial charge in [-0.25, -0.2) is 4.79 Å². The Balaban J connectivity index is 3.50. The van der Waals surface area contributed by atoms with Crippen molar-refractivity contribution in [3.05, 3.63) is 0 Å². The van der Waals surface area contributed by atoms with Crippen molar-refractivity contribution in [2.75, 3.05) is 0 Å². The molecule has 0 aromatic rings. The van der Waals surface area contributed by atoms with E-state index in [-0.39, 0.29) is 3.74 Å². The molecule has 0 saturated carbocycles. The van der Waals surface area contributed by atoms with E-state index in [9.17, 15) is 4.79 Å². The Hall–Kier alpha value is 1.20. The highest BCUT2D eigenvalue weighted by molar-refractivity contribution is 9.25. The van der Waals surface area contributed by atoms with Gasteiger partial charge >= 0.3 is 5.43 Å². The lowest BCUT2D eigenvalue weighted by molar-refractivity contribution is 0.171. The summed E-state index contributed by atoms with van der Waals surface area (Å²) >= 11 is 14.1. The minimum absolute atomic E-state index is 0.132. The van der Waals surface area contributed by atoms with Crippen LogP contribution in [0.4, 0.5) is 4.79 Å². The highest BCUT2D eigenvalue weighted by atomic mass is 79.9. The first kappa shape index (κ1) is 10.2.